The fraction of sp³-hybridized carbons (Fsp3) is 0.250. The second-order valence-corrected chi connectivity index (χ2v) is 6.55. The SMILES string of the molecule is CCc1cccc(C)c1NC(=S)NNC(=O)Cc1ccc(NC(C)=O)cc1. The van der Waals surface area contributed by atoms with Crippen LogP contribution in [0.15, 0.2) is 42.5 Å². The highest BCUT2D eigenvalue weighted by atomic mass is 32.1. The van der Waals surface area contributed by atoms with Crippen LogP contribution in [0.2, 0.25) is 0 Å². The topological polar surface area (TPSA) is 82.3 Å². The summed E-state index contributed by atoms with van der Waals surface area (Å²) in [5, 5.41) is 6.15. The number of hydrazine groups is 1. The lowest BCUT2D eigenvalue weighted by Crippen LogP contribution is -2.44. The summed E-state index contributed by atoms with van der Waals surface area (Å²) < 4.78 is 0. The number of nitrogens with one attached hydrogen (secondary N) is 4. The zero-order valence-electron chi connectivity index (χ0n) is 15.7. The Bertz CT molecular complexity index is 834. The molecule has 0 unspecified atom stereocenters. The summed E-state index contributed by atoms with van der Waals surface area (Å²) in [7, 11) is 0. The van der Waals surface area contributed by atoms with Crippen LogP contribution < -0.4 is 21.5 Å². The summed E-state index contributed by atoms with van der Waals surface area (Å²) in [6.45, 7) is 5.53. The summed E-state index contributed by atoms with van der Waals surface area (Å²) >= 11 is 5.27. The molecule has 7 heteroatoms. The third-order valence-corrected chi connectivity index (χ3v) is 4.14. The third-order valence-electron chi connectivity index (χ3n) is 3.93. The van der Waals surface area contributed by atoms with Crippen molar-refractivity contribution in [3.8, 4) is 0 Å². The van der Waals surface area contributed by atoms with Crippen LogP contribution in [0.25, 0.3) is 0 Å². The average molecular weight is 385 g/mol. The smallest absolute Gasteiger partial charge is 0.242 e. The second-order valence-electron chi connectivity index (χ2n) is 6.14. The van der Waals surface area contributed by atoms with Crippen LogP contribution in [0.5, 0.6) is 0 Å². The Morgan fingerprint density at radius 3 is 2.33 bits per heavy atom. The second kappa shape index (κ2) is 9.68. The molecule has 0 atom stereocenters. The standard InChI is InChI=1S/C20H24N4O2S/c1-4-16-7-5-6-13(2)19(16)22-20(27)24-23-18(26)12-15-8-10-17(11-9-15)21-14(3)25/h5-11H,4,12H2,1-3H3,(H,21,25)(H,23,26)(H2,22,24,27). The number of rotatable bonds is 5. The van der Waals surface area contributed by atoms with E-state index in [1.54, 1.807) is 24.3 Å². The fourth-order valence-corrected chi connectivity index (χ4v) is 2.77. The van der Waals surface area contributed by atoms with Crippen molar-refractivity contribution in [1.82, 2.24) is 10.9 Å². The van der Waals surface area contributed by atoms with Crippen molar-refractivity contribution >= 4 is 40.5 Å². The van der Waals surface area contributed by atoms with Gasteiger partial charge in [0.05, 0.1) is 6.42 Å². The van der Waals surface area contributed by atoms with E-state index in [0.29, 0.717) is 10.8 Å². The molecule has 27 heavy (non-hydrogen) atoms. The van der Waals surface area contributed by atoms with Crippen LogP contribution in [-0.4, -0.2) is 16.9 Å². The molecule has 2 aromatic carbocycles. The van der Waals surface area contributed by atoms with Crippen molar-refractivity contribution in [3.05, 3.63) is 59.2 Å². The molecule has 0 aliphatic heterocycles. The molecule has 2 amide bonds. The van der Waals surface area contributed by atoms with Gasteiger partial charge in [-0.3, -0.25) is 20.4 Å². The number of amides is 2. The van der Waals surface area contributed by atoms with Crippen LogP contribution in [0.1, 0.15) is 30.5 Å². The number of hydrogen-bond acceptors (Lipinski definition) is 3. The van der Waals surface area contributed by atoms with Crippen LogP contribution in [0, 0.1) is 6.92 Å². The Morgan fingerprint density at radius 1 is 1.00 bits per heavy atom. The first-order valence-corrected chi connectivity index (χ1v) is 9.10. The molecule has 0 saturated heterocycles. The zero-order valence-corrected chi connectivity index (χ0v) is 16.5. The van der Waals surface area contributed by atoms with Gasteiger partial charge in [0, 0.05) is 18.3 Å². The predicted molar refractivity (Wildman–Crippen MR) is 113 cm³/mol. The predicted octanol–water partition coefficient (Wildman–Crippen LogP) is 3.08. The molecule has 0 aliphatic rings. The van der Waals surface area contributed by atoms with Gasteiger partial charge in [0.1, 0.15) is 0 Å². The minimum atomic E-state index is -0.216. The molecule has 0 spiro atoms. The van der Waals surface area contributed by atoms with E-state index in [0.717, 1.165) is 28.8 Å². The van der Waals surface area contributed by atoms with Gasteiger partial charge in [0.2, 0.25) is 11.8 Å². The number of benzene rings is 2. The number of para-hydroxylation sites is 1. The van der Waals surface area contributed by atoms with Crippen molar-refractivity contribution in [2.45, 2.75) is 33.6 Å². The van der Waals surface area contributed by atoms with Gasteiger partial charge >= 0.3 is 0 Å². The summed E-state index contributed by atoms with van der Waals surface area (Å²) in [5.74, 6) is -0.350. The number of carbonyl (C=O) groups excluding carboxylic acids is 2. The number of thiocarbonyl (C=S) groups is 1. The number of hydrogen-bond donors (Lipinski definition) is 4. The Labute approximate surface area is 164 Å². The highest BCUT2D eigenvalue weighted by molar-refractivity contribution is 7.80. The Kier molecular flexibility index (Phi) is 7.31. The Hall–Kier alpha value is -2.93. The van der Waals surface area contributed by atoms with Gasteiger partial charge in [-0.25, -0.2) is 0 Å². The van der Waals surface area contributed by atoms with E-state index in [-0.39, 0.29) is 18.2 Å². The van der Waals surface area contributed by atoms with Gasteiger partial charge in [-0.15, -0.1) is 0 Å². The first-order valence-electron chi connectivity index (χ1n) is 8.70. The van der Waals surface area contributed by atoms with Crippen molar-refractivity contribution in [3.63, 3.8) is 0 Å². The van der Waals surface area contributed by atoms with Gasteiger partial charge in [-0.2, -0.15) is 0 Å². The van der Waals surface area contributed by atoms with Crippen molar-refractivity contribution in [1.29, 1.82) is 0 Å². The lowest BCUT2D eigenvalue weighted by Gasteiger charge is -2.16. The summed E-state index contributed by atoms with van der Waals surface area (Å²) in [4.78, 5) is 23.1. The van der Waals surface area contributed by atoms with E-state index in [4.69, 9.17) is 12.2 Å². The van der Waals surface area contributed by atoms with Crippen LogP contribution in [0.4, 0.5) is 11.4 Å². The molecule has 0 saturated carbocycles. The minimum absolute atomic E-state index is 0.134. The first kappa shape index (κ1) is 20.4. The highest BCUT2D eigenvalue weighted by Crippen LogP contribution is 2.20. The molecule has 0 heterocycles. The summed E-state index contributed by atoms with van der Waals surface area (Å²) in [5.41, 5.74) is 10.0. The van der Waals surface area contributed by atoms with Crippen molar-refractivity contribution in [2.75, 3.05) is 10.6 Å². The molecule has 0 aliphatic carbocycles. The zero-order chi connectivity index (χ0) is 19.8. The third kappa shape index (κ3) is 6.38. The molecule has 4 N–H and O–H groups in total. The maximum absolute atomic E-state index is 12.1. The van der Waals surface area contributed by atoms with Gasteiger partial charge in [0.15, 0.2) is 5.11 Å². The average Bonchev–Trinajstić information content (AvgIpc) is 2.63. The molecule has 0 radical (unpaired) electrons. The molecular weight excluding hydrogens is 360 g/mol. The van der Waals surface area contributed by atoms with Gasteiger partial charge < -0.3 is 10.6 Å². The van der Waals surface area contributed by atoms with E-state index >= 15 is 0 Å². The van der Waals surface area contributed by atoms with Crippen LogP contribution in [0.3, 0.4) is 0 Å². The Morgan fingerprint density at radius 2 is 1.70 bits per heavy atom. The van der Waals surface area contributed by atoms with Gasteiger partial charge in [-0.1, -0.05) is 37.3 Å². The number of carbonyl (C=O) groups is 2. The quantitative estimate of drug-likeness (QED) is 0.470. The number of anilines is 2. The first-order chi connectivity index (χ1) is 12.9. The number of aryl methyl sites for hydroxylation is 2. The van der Waals surface area contributed by atoms with E-state index in [2.05, 4.69) is 28.4 Å². The highest BCUT2D eigenvalue weighted by Gasteiger charge is 2.08. The molecule has 6 nitrogen and oxygen atoms in total. The molecular formula is C20H24N4O2S. The summed E-state index contributed by atoms with van der Waals surface area (Å²) in [6, 6.07) is 13.2. The van der Waals surface area contributed by atoms with E-state index in [9.17, 15) is 9.59 Å². The fourth-order valence-electron chi connectivity index (χ4n) is 2.61. The maximum atomic E-state index is 12.1. The van der Waals surface area contributed by atoms with E-state index in [1.807, 2.05) is 25.1 Å². The lowest BCUT2D eigenvalue weighted by molar-refractivity contribution is -0.121. The minimum Gasteiger partial charge on any atom is -0.331 e. The molecule has 0 fully saturated rings. The molecule has 0 bridgehead atoms. The van der Waals surface area contributed by atoms with Crippen LogP contribution in [-0.2, 0) is 22.4 Å². The van der Waals surface area contributed by atoms with Gasteiger partial charge in [0.25, 0.3) is 0 Å². The lowest BCUT2D eigenvalue weighted by atomic mass is 10.1. The van der Waals surface area contributed by atoms with E-state index < -0.39 is 0 Å². The maximum Gasteiger partial charge on any atom is 0.242 e. The van der Waals surface area contributed by atoms with E-state index in [1.165, 1.54) is 6.92 Å². The largest absolute Gasteiger partial charge is 0.331 e. The van der Waals surface area contributed by atoms with Gasteiger partial charge in [-0.05, 0) is 54.4 Å². The molecule has 142 valence electrons. The van der Waals surface area contributed by atoms with Crippen molar-refractivity contribution in [2.24, 2.45) is 0 Å². The van der Waals surface area contributed by atoms with Crippen LogP contribution >= 0.6 is 12.2 Å². The normalized spacial score (nSPS) is 10.0. The monoisotopic (exact) mass is 384 g/mol. The molecule has 2 aromatic rings. The summed E-state index contributed by atoms with van der Waals surface area (Å²) in [6.07, 6.45) is 1.08. The Balaban J connectivity index is 1.85. The molecule has 2 rings (SSSR count). The van der Waals surface area contributed by atoms with Crippen molar-refractivity contribution < 1.29 is 9.59 Å². The molecule has 0 aromatic heterocycles.